The molecular formula is C20H25N3O2. The maximum absolute atomic E-state index is 12.6. The number of aryl methyl sites for hydroxylation is 1. The van der Waals surface area contributed by atoms with E-state index in [0.717, 1.165) is 35.8 Å². The van der Waals surface area contributed by atoms with E-state index in [1.807, 2.05) is 42.2 Å². The second-order valence-corrected chi connectivity index (χ2v) is 6.32. The van der Waals surface area contributed by atoms with Gasteiger partial charge in [-0.2, -0.15) is 0 Å². The van der Waals surface area contributed by atoms with Gasteiger partial charge in [0.15, 0.2) is 0 Å². The highest BCUT2D eigenvalue weighted by Gasteiger charge is 2.23. The molecule has 1 aliphatic rings. The lowest BCUT2D eigenvalue weighted by molar-refractivity contribution is 0.208. The molecule has 0 aromatic heterocycles. The van der Waals surface area contributed by atoms with Gasteiger partial charge < -0.3 is 19.9 Å². The summed E-state index contributed by atoms with van der Waals surface area (Å²) in [4.78, 5) is 16.7. The number of urea groups is 1. The van der Waals surface area contributed by atoms with E-state index in [-0.39, 0.29) is 6.03 Å². The highest BCUT2D eigenvalue weighted by Crippen LogP contribution is 2.28. The summed E-state index contributed by atoms with van der Waals surface area (Å²) in [5.41, 5.74) is 4.26. The number of methoxy groups -OCH3 is 1. The topological polar surface area (TPSA) is 44.8 Å². The van der Waals surface area contributed by atoms with E-state index in [2.05, 4.69) is 29.3 Å². The molecule has 1 saturated heterocycles. The molecule has 0 atom stereocenters. The second-order valence-electron chi connectivity index (χ2n) is 6.32. The molecule has 5 nitrogen and oxygen atoms in total. The Hall–Kier alpha value is -2.69. The Bertz CT molecular complexity index is 752. The molecule has 132 valence electrons. The van der Waals surface area contributed by atoms with Gasteiger partial charge in [-0.05, 0) is 43.2 Å². The monoisotopic (exact) mass is 339 g/mol. The number of hydrogen-bond donors (Lipinski definition) is 1. The quantitative estimate of drug-likeness (QED) is 0.928. The average molecular weight is 339 g/mol. The predicted molar refractivity (Wildman–Crippen MR) is 102 cm³/mol. The minimum atomic E-state index is -0.0339. The molecule has 2 aromatic carbocycles. The van der Waals surface area contributed by atoms with Crippen LogP contribution in [0, 0.1) is 13.8 Å². The maximum atomic E-state index is 12.6. The largest absolute Gasteiger partial charge is 0.495 e. The number of rotatable bonds is 3. The van der Waals surface area contributed by atoms with Crippen molar-refractivity contribution in [2.24, 2.45) is 0 Å². The average Bonchev–Trinajstić information content (AvgIpc) is 2.65. The highest BCUT2D eigenvalue weighted by molar-refractivity contribution is 5.90. The first-order chi connectivity index (χ1) is 12.1. The highest BCUT2D eigenvalue weighted by atomic mass is 16.5. The third-order valence-corrected chi connectivity index (χ3v) is 4.84. The van der Waals surface area contributed by atoms with E-state index >= 15 is 0 Å². The summed E-state index contributed by atoms with van der Waals surface area (Å²) in [6, 6.07) is 13.9. The van der Waals surface area contributed by atoms with Crippen LogP contribution in [0.4, 0.5) is 16.2 Å². The van der Waals surface area contributed by atoms with Crippen LogP contribution in [-0.2, 0) is 0 Å². The zero-order valence-electron chi connectivity index (χ0n) is 15.1. The molecule has 2 amide bonds. The lowest BCUT2D eigenvalue weighted by Crippen LogP contribution is -2.50. The van der Waals surface area contributed by atoms with Gasteiger partial charge in [0.05, 0.1) is 12.8 Å². The summed E-state index contributed by atoms with van der Waals surface area (Å²) < 4.78 is 5.44. The summed E-state index contributed by atoms with van der Waals surface area (Å²) in [6.07, 6.45) is 0. The van der Waals surface area contributed by atoms with Gasteiger partial charge in [0, 0.05) is 31.9 Å². The standard InChI is InChI=1S/C20H25N3O2/c1-15-7-6-8-17(16(15)2)21-20(24)23-13-11-22(12-14-23)18-9-4-5-10-19(18)25-3/h4-10H,11-14H2,1-3H3,(H,21,24). The van der Waals surface area contributed by atoms with Crippen molar-refractivity contribution in [3.63, 3.8) is 0 Å². The van der Waals surface area contributed by atoms with Crippen LogP contribution in [0.15, 0.2) is 42.5 Å². The van der Waals surface area contributed by atoms with Crippen molar-refractivity contribution in [2.45, 2.75) is 13.8 Å². The second kappa shape index (κ2) is 7.47. The normalized spacial score (nSPS) is 14.4. The van der Waals surface area contributed by atoms with Crippen molar-refractivity contribution >= 4 is 17.4 Å². The molecule has 0 bridgehead atoms. The lowest BCUT2D eigenvalue weighted by Gasteiger charge is -2.36. The molecule has 5 heteroatoms. The molecule has 1 aliphatic heterocycles. The Morgan fingerprint density at radius 3 is 2.44 bits per heavy atom. The molecule has 3 rings (SSSR count). The van der Waals surface area contributed by atoms with Crippen LogP contribution in [0.5, 0.6) is 5.75 Å². The number of anilines is 2. The van der Waals surface area contributed by atoms with Crippen molar-refractivity contribution in [3.8, 4) is 5.75 Å². The Balaban J connectivity index is 1.62. The Kier molecular flexibility index (Phi) is 5.12. The van der Waals surface area contributed by atoms with Crippen LogP contribution in [-0.4, -0.2) is 44.2 Å². The van der Waals surface area contributed by atoms with Crippen LogP contribution in [0.2, 0.25) is 0 Å². The molecule has 2 aromatic rings. The van der Waals surface area contributed by atoms with Crippen LogP contribution in [0.1, 0.15) is 11.1 Å². The molecule has 0 aliphatic carbocycles. The van der Waals surface area contributed by atoms with E-state index in [4.69, 9.17) is 4.74 Å². The van der Waals surface area contributed by atoms with Crippen molar-refractivity contribution in [1.29, 1.82) is 0 Å². The fourth-order valence-corrected chi connectivity index (χ4v) is 3.12. The third kappa shape index (κ3) is 3.71. The lowest BCUT2D eigenvalue weighted by atomic mass is 10.1. The number of hydrogen-bond acceptors (Lipinski definition) is 3. The Morgan fingerprint density at radius 1 is 1.00 bits per heavy atom. The molecule has 1 heterocycles. The van der Waals surface area contributed by atoms with Gasteiger partial charge in [-0.15, -0.1) is 0 Å². The van der Waals surface area contributed by atoms with Crippen LogP contribution < -0.4 is 15.0 Å². The molecule has 0 spiro atoms. The summed E-state index contributed by atoms with van der Waals surface area (Å²) in [6.45, 7) is 7.05. The minimum absolute atomic E-state index is 0.0339. The van der Waals surface area contributed by atoms with Gasteiger partial charge >= 0.3 is 6.03 Å². The first kappa shape index (κ1) is 17.1. The number of benzene rings is 2. The number of nitrogens with zero attached hydrogens (tertiary/aromatic N) is 2. The number of piperazine rings is 1. The van der Waals surface area contributed by atoms with Crippen LogP contribution >= 0.6 is 0 Å². The van der Waals surface area contributed by atoms with E-state index in [9.17, 15) is 4.79 Å². The minimum Gasteiger partial charge on any atom is -0.495 e. The fourth-order valence-electron chi connectivity index (χ4n) is 3.12. The van der Waals surface area contributed by atoms with E-state index in [1.165, 1.54) is 5.56 Å². The van der Waals surface area contributed by atoms with Crippen molar-refractivity contribution in [2.75, 3.05) is 43.5 Å². The summed E-state index contributed by atoms with van der Waals surface area (Å²) in [5, 5.41) is 3.04. The van der Waals surface area contributed by atoms with E-state index in [0.29, 0.717) is 13.1 Å². The number of para-hydroxylation sites is 2. The number of carbonyl (C=O) groups excluding carboxylic acids is 1. The van der Waals surface area contributed by atoms with Gasteiger partial charge in [0.1, 0.15) is 5.75 Å². The molecule has 0 radical (unpaired) electrons. The van der Waals surface area contributed by atoms with Crippen molar-refractivity contribution in [3.05, 3.63) is 53.6 Å². The van der Waals surface area contributed by atoms with Crippen molar-refractivity contribution < 1.29 is 9.53 Å². The fraction of sp³-hybridized carbons (Fsp3) is 0.350. The predicted octanol–water partition coefficient (Wildman–Crippen LogP) is 3.67. The summed E-state index contributed by atoms with van der Waals surface area (Å²) in [5.74, 6) is 0.871. The van der Waals surface area contributed by atoms with E-state index in [1.54, 1.807) is 7.11 Å². The Labute approximate surface area is 149 Å². The number of carbonyl (C=O) groups is 1. The van der Waals surface area contributed by atoms with Gasteiger partial charge in [-0.25, -0.2) is 4.79 Å². The van der Waals surface area contributed by atoms with E-state index < -0.39 is 0 Å². The Morgan fingerprint density at radius 2 is 1.72 bits per heavy atom. The zero-order chi connectivity index (χ0) is 17.8. The van der Waals surface area contributed by atoms with Crippen molar-refractivity contribution in [1.82, 2.24) is 4.90 Å². The van der Waals surface area contributed by atoms with Crippen LogP contribution in [0.3, 0.4) is 0 Å². The van der Waals surface area contributed by atoms with Crippen LogP contribution in [0.25, 0.3) is 0 Å². The summed E-state index contributed by atoms with van der Waals surface area (Å²) >= 11 is 0. The van der Waals surface area contributed by atoms with Gasteiger partial charge in [-0.3, -0.25) is 0 Å². The smallest absolute Gasteiger partial charge is 0.321 e. The molecule has 1 fully saturated rings. The number of ether oxygens (including phenoxy) is 1. The molecule has 0 unspecified atom stereocenters. The molecule has 25 heavy (non-hydrogen) atoms. The maximum Gasteiger partial charge on any atom is 0.321 e. The van der Waals surface area contributed by atoms with Gasteiger partial charge in [0.25, 0.3) is 0 Å². The van der Waals surface area contributed by atoms with Gasteiger partial charge in [-0.1, -0.05) is 24.3 Å². The first-order valence-electron chi connectivity index (χ1n) is 8.60. The number of nitrogens with one attached hydrogen (secondary N) is 1. The molecular weight excluding hydrogens is 314 g/mol. The SMILES string of the molecule is COc1ccccc1N1CCN(C(=O)Nc2cccc(C)c2C)CC1. The molecule has 1 N–H and O–H groups in total. The zero-order valence-corrected chi connectivity index (χ0v) is 15.1. The summed E-state index contributed by atoms with van der Waals surface area (Å²) in [7, 11) is 1.69. The third-order valence-electron chi connectivity index (χ3n) is 4.84. The number of amides is 2. The first-order valence-corrected chi connectivity index (χ1v) is 8.60. The van der Waals surface area contributed by atoms with Gasteiger partial charge in [0.2, 0.25) is 0 Å². The molecule has 0 saturated carbocycles.